The summed E-state index contributed by atoms with van der Waals surface area (Å²) in [7, 11) is 0. The molecule has 0 spiro atoms. The monoisotopic (exact) mass is 522 g/mol. The summed E-state index contributed by atoms with van der Waals surface area (Å²) in [5.41, 5.74) is 13.2. The molecule has 0 saturated heterocycles. The van der Waals surface area contributed by atoms with Gasteiger partial charge in [0, 0.05) is 0 Å². The van der Waals surface area contributed by atoms with Crippen molar-refractivity contribution in [2.45, 2.75) is 59.3 Å². The van der Waals surface area contributed by atoms with Crippen LogP contribution in [0.4, 0.5) is 0 Å². The molecular formula is C40H42. The maximum absolute atomic E-state index is 2.39. The van der Waals surface area contributed by atoms with E-state index in [4.69, 9.17) is 0 Å². The van der Waals surface area contributed by atoms with E-state index in [2.05, 4.69) is 149 Å². The Balaban J connectivity index is 0.000000161. The molecular weight excluding hydrogens is 480 g/mol. The maximum Gasteiger partial charge on any atom is -0.0162 e. The van der Waals surface area contributed by atoms with E-state index in [-0.39, 0.29) is 0 Å². The van der Waals surface area contributed by atoms with Gasteiger partial charge in [-0.15, -0.1) is 0 Å². The Hall–Kier alpha value is -3.90. The Labute approximate surface area is 241 Å². The topological polar surface area (TPSA) is 0 Å². The highest BCUT2D eigenvalue weighted by molar-refractivity contribution is 5.70. The van der Waals surface area contributed by atoms with Gasteiger partial charge in [-0.2, -0.15) is 0 Å². The molecule has 0 atom stereocenters. The lowest BCUT2D eigenvalue weighted by Gasteiger charge is -2.26. The van der Waals surface area contributed by atoms with Crippen molar-refractivity contribution in [1.82, 2.24) is 0 Å². The summed E-state index contributed by atoms with van der Waals surface area (Å²) in [6.45, 7) is 8.75. The molecule has 202 valence electrons. The zero-order chi connectivity index (χ0) is 27.9. The molecule has 0 nitrogen and oxygen atoms in total. The van der Waals surface area contributed by atoms with Crippen LogP contribution in [0.25, 0.3) is 33.4 Å². The number of hydrogen-bond donors (Lipinski definition) is 0. The van der Waals surface area contributed by atoms with Crippen LogP contribution >= 0.6 is 0 Å². The molecule has 0 radical (unpaired) electrons. The molecule has 5 aromatic rings. The van der Waals surface area contributed by atoms with E-state index in [1.807, 2.05) is 0 Å². The van der Waals surface area contributed by atoms with Crippen molar-refractivity contribution in [3.8, 4) is 33.4 Å². The number of benzene rings is 5. The quantitative estimate of drug-likeness (QED) is 0.220. The highest BCUT2D eigenvalue weighted by atomic mass is 14.2. The summed E-state index contributed by atoms with van der Waals surface area (Å²) in [6, 6.07) is 44.2. The number of rotatable bonds is 4. The zero-order valence-corrected chi connectivity index (χ0v) is 24.5. The summed E-state index contributed by atoms with van der Waals surface area (Å²) < 4.78 is 0. The van der Waals surface area contributed by atoms with E-state index >= 15 is 0 Å². The highest BCUT2D eigenvalue weighted by Crippen LogP contribution is 2.36. The van der Waals surface area contributed by atoms with Crippen LogP contribution in [0.2, 0.25) is 0 Å². The van der Waals surface area contributed by atoms with Gasteiger partial charge in [-0.3, -0.25) is 0 Å². The Morgan fingerprint density at radius 1 is 0.350 bits per heavy atom. The molecule has 6 rings (SSSR count). The van der Waals surface area contributed by atoms with Gasteiger partial charge in [0.05, 0.1) is 0 Å². The lowest BCUT2D eigenvalue weighted by Crippen LogP contribution is -2.10. The molecule has 0 aliphatic heterocycles. The van der Waals surface area contributed by atoms with E-state index < -0.39 is 0 Å². The van der Waals surface area contributed by atoms with Gasteiger partial charge in [0.1, 0.15) is 0 Å². The van der Waals surface area contributed by atoms with Crippen molar-refractivity contribution < 1.29 is 0 Å². The van der Waals surface area contributed by atoms with E-state index in [1.54, 1.807) is 0 Å². The van der Waals surface area contributed by atoms with Gasteiger partial charge in [-0.1, -0.05) is 158 Å². The maximum atomic E-state index is 2.39. The number of aryl methyl sites for hydroxylation is 3. The lowest BCUT2D eigenvalue weighted by molar-refractivity contribution is 0.348. The van der Waals surface area contributed by atoms with Crippen molar-refractivity contribution in [3.63, 3.8) is 0 Å². The summed E-state index contributed by atoms with van der Waals surface area (Å²) in [6.07, 6.45) is 5.52. The lowest BCUT2D eigenvalue weighted by atomic mass is 9.79. The minimum atomic E-state index is 0.790. The fraction of sp³-hybridized carbons (Fsp3) is 0.250. The third-order valence-corrected chi connectivity index (χ3v) is 8.44. The second kappa shape index (κ2) is 13.0. The van der Waals surface area contributed by atoms with Crippen LogP contribution in [0.5, 0.6) is 0 Å². The summed E-state index contributed by atoms with van der Waals surface area (Å²) in [5, 5.41) is 0. The fourth-order valence-corrected chi connectivity index (χ4v) is 5.63. The third kappa shape index (κ3) is 7.19. The van der Waals surface area contributed by atoms with Gasteiger partial charge >= 0.3 is 0 Å². The van der Waals surface area contributed by atoms with Gasteiger partial charge in [0.15, 0.2) is 0 Å². The van der Waals surface area contributed by atoms with Crippen LogP contribution in [0.3, 0.4) is 0 Å². The second-order valence-electron chi connectivity index (χ2n) is 11.8. The predicted molar refractivity (Wildman–Crippen MR) is 174 cm³/mol. The molecule has 0 heteroatoms. The molecule has 5 aromatic carbocycles. The minimum absolute atomic E-state index is 0.790. The van der Waals surface area contributed by atoms with Crippen LogP contribution in [0.1, 0.15) is 60.8 Å². The van der Waals surface area contributed by atoms with Crippen molar-refractivity contribution in [2.75, 3.05) is 0 Å². The fourth-order valence-electron chi connectivity index (χ4n) is 5.63. The van der Waals surface area contributed by atoms with Crippen LogP contribution in [0.15, 0.2) is 121 Å². The molecule has 1 aliphatic carbocycles. The smallest absolute Gasteiger partial charge is 0.0162 e. The minimum Gasteiger partial charge on any atom is -0.0625 e. The first kappa shape index (κ1) is 27.7. The van der Waals surface area contributed by atoms with Crippen molar-refractivity contribution in [3.05, 3.63) is 144 Å². The summed E-state index contributed by atoms with van der Waals surface area (Å²) in [5.74, 6) is 1.72. The van der Waals surface area contributed by atoms with Gasteiger partial charge in [-0.05, 0) is 84.4 Å². The van der Waals surface area contributed by atoms with E-state index in [9.17, 15) is 0 Å². The van der Waals surface area contributed by atoms with Gasteiger partial charge in [-0.25, -0.2) is 0 Å². The number of hydrogen-bond acceptors (Lipinski definition) is 0. The molecule has 1 fully saturated rings. The van der Waals surface area contributed by atoms with Crippen LogP contribution in [-0.2, 0) is 0 Å². The van der Waals surface area contributed by atoms with Crippen molar-refractivity contribution in [2.24, 2.45) is 5.92 Å². The molecule has 0 heterocycles. The molecule has 0 unspecified atom stereocenters. The van der Waals surface area contributed by atoms with Gasteiger partial charge < -0.3 is 0 Å². The average Bonchev–Trinajstić information content (AvgIpc) is 2.99. The summed E-state index contributed by atoms with van der Waals surface area (Å²) >= 11 is 0. The Kier molecular flexibility index (Phi) is 8.97. The van der Waals surface area contributed by atoms with Crippen LogP contribution in [-0.4, -0.2) is 0 Å². The van der Waals surface area contributed by atoms with Crippen molar-refractivity contribution >= 4 is 0 Å². The van der Waals surface area contributed by atoms with E-state index in [1.165, 1.54) is 81.3 Å². The average molecular weight is 523 g/mol. The SMILES string of the molecule is Cc1ccc(-c2ccc(-c3ccc(C)cc3)cc2)cc1.Cc1ccc(-c2ccc(C3CCC(C)CC3)cc2)cc1. The third-order valence-electron chi connectivity index (χ3n) is 8.44. The van der Waals surface area contributed by atoms with Gasteiger partial charge in [0.2, 0.25) is 0 Å². The first-order valence-electron chi connectivity index (χ1n) is 14.9. The molecule has 1 aliphatic rings. The highest BCUT2D eigenvalue weighted by Gasteiger charge is 2.19. The molecule has 0 N–H and O–H groups in total. The molecule has 1 saturated carbocycles. The Morgan fingerprint density at radius 2 is 0.600 bits per heavy atom. The first-order valence-corrected chi connectivity index (χ1v) is 14.9. The van der Waals surface area contributed by atoms with E-state index in [0.717, 1.165) is 11.8 Å². The van der Waals surface area contributed by atoms with Crippen LogP contribution in [0, 0.1) is 26.7 Å². The van der Waals surface area contributed by atoms with E-state index in [0.29, 0.717) is 0 Å². The molecule has 0 bridgehead atoms. The van der Waals surface area contributed by atoms with Crippen LogP contribution < -0.4 is 0 Å². The molecule has 0 amide bonds. The largest absolute Gasteiger partial charge is 0.0625 e. The predicted octanol–water partition coefficient (Wildman–Crippen LogP) is 11.6. The molecule has 0 aromatic heterocycles. The summed E-state index contributed by atoms with van der Waals surface area (Å²) in [4.78, 5) is 0. The second-order valence-corrected chi connectivity index (χ2v) is 11.8. The standard InChI is InChI=1S/C20H24.C20H18/c2*1-15-3-7-17(8-4-15)19-11-13-20(14-12-19)18-9-5-16(2)6-10-18/h3-4,7-8,11-14,16,18H,5-6,9-10H2,1-2H3;3-14H,1-2H3. The Morgan fingerprint density at radius 3 is 0.900 bits per heavy atom. The van der Waals surface area contributed by atoms with Gasteiger partial charge in [0.25, 0.3) is 0 Å². The normalized spacial score (nSPS) is 16.6. The molecule has 40 heavy (non-hydrogen) atoms. The zero-order valence-electron chi connectivity index (χ0n) is 24.5. The first-order chi connectivity index (χ1) is 19.4. The van der Waals surface area contributed by atoms with Crippen molar-refractivity contribution in [1.29, 1.82) is 0 Å². The Bertz CT molecular complexity index is 1400.